The molecule has 1 fully saturated rings. The number of aromatic amines is 1. The molecule has 1 aromatic heterocycles. The highest BCUT2D eigenvalue weighted by Crippen LogP contribution is 2.15. The fraction of sp³-hybridized carbons (Fsp3) is 0.615. The summed E-state index contributed by atoms with van der Waals surface area (Å²) in [6.45, 7) is 3.07. The van der Waals surface area contributed by atoms with E-state index >= 15 is 0 Å². The highest BCUT2D eigenvalue weighted by Gasteiger charge is 2.24. The minimum Gasteiger partial charge on any atom is -0.383 e. The second kappa shape index (κ2) is 6.47. The van der Waals surface area contributed by atoms with Crippen molar-refractivity contribution in [3.63, 3.8) is 0 Å². The fourth-order valence-electron chi connectivity index (χ4n) is 2.35. The molecule has 1 unspecified atom stereocenters. The molecule has 0 saturated carbocycles. The Morgan fingerprint density at radius 1 is 1.38 bits per heavy atom. The van der Waals surface area contributed by atoms with Crippen molar-refractivity contribution in [1.82, 2.24) is 14.9 Å². The summed E-state index contributed by atoms with van der Waals surface area (Å²) in [4.78, 5) is 37.7. The molecule has 21 heavy (non-hydrogen) atoms. The lowest BCUT2D eigenvalue weighted by Crippen LogP contribution is -2.46. The van der Waals surface area contributed by atoms with Crippen LogP contribution in [0, 0.1) is 0 Å². The first-order valence-electron chi connectivity index (χ1n) is 7.21. The first-order valence-corrected chi connectivity index (χ1v) is 7.21. The van der Waals surface area contributed by atoms with Crippen molar-refractivity contribution in [1.29, 1.82) is 0 Å². The monoisotopic (exact) mass is 295 g/mol. The number of aromatic nitrogens is 2. The van der Waals surface area contributed by atoms with Gasteiger partial charge in [0.1, 0.15) is 17.5 Å². The number of carbonyl (C=O) groups is 1. The van der Waals surface area contributed by atoms with Crippen molar-refractivity contribution >= 4 is 17.4 Å². The van der Waals surface area contributed by atoms with E-state index in [4.69, 9.17) is 5.73 Å². The van der Waals surface area contributed by atoms with E-state index in [1.807, 2.05) is 6.92 Å². The summed E-state index contributed by atoms with van der Waals surface area (Å²) in [5.74, 6) is -0.0815. The van der Waals surface area contributed by atoms with Crippen LogP contribution in [0.5, 0.6) is 0 Å². The predicted octanol–water partition coefficient (Wildman–Crippen LogP) is -0.391. The number of piperidine rings is 1. The molecule has 1 aliphatic rings. The molecule has 2 rings (SSSR count). The first-order chi connectivity index (χ1) is 10.0. The van der Waals surface area contributed by atoms with Gasteiger partial charge in [0.25, 0.3) is 5.56 Å². The molecule has 0 radical (unpaired) electrons. The first kappa shape index (κ1) is 15.1. The lowest BCUT2D eigenvalue weighted by molar-refractivity contribution is -0.123. The molecule has 1 amide bonds. The molecule has 2 heterocycles. The SMILES string of the molecule is CCCCn1c(N)c(NC2CCCNC2=O)c(=O)[nH]c1=O. The van der Waals surface area contributed by atoms with Crippen LogP contribution in [0.3, 0.4) is 0 Å². The Kier molecular flexibility index (Phi) is 4.66. The van der Waals surface area contributed by atoms with Crippen molar-refractivity contribution in [2.24, 2.45) is 0 Å². The summed E-state index contributed by atoms with van der Waals surface area (Å²) < 4.78 is 1.33. The van der Waals surface area contributed by atoms with Gasteiger partial charge in [-0.25, -0.2) is 4.79 Å². The number of hydrogen-bond donors (Lipinski definition) is 4. The van der Waals surface area contributed by atoms with Crippen LogP contribution in [-0.4, -0.2) is 28.0 Å². The summed E-state index contributed by atoms with van der Waals surface area (Å²) in [5.41, 5.74) is 4.91. The number of hydrogen-bond acceptors (Lipinski definition) is 5. The average molecular weight is 295 g/mol. The van der Waals surface area contributed by atoms with Gasteiger partial charge in [-0.15, -0.1) is 0 Å². The predicted molar refractivity (Wildman–Crippen MR) is 80.3 cm³/mol. The smallest absolute Gasteiger partial charge is 0.330 e. The van der Waals surface area contributed by atoms with Crippen LogP contribution in [-0.2, 0) is 11.3 Å². The van der Waals surface area contributed by atoms with Crippen molar-refractivity contribution < 1.29 is 4.79 Å². The summed E-state index contributed by atoms with van der Waals surface area (Å²) in [6.07, 6.45) is 3.13. The van der Waals surface area contributed by atoms with Crippen molar-refractivity contribution in [3.05, 3.63) is 20.8 Å². The molecule has 8 nitrogen and oxygen atoms in total. The topological polar surface area (TPSA) is 122 Å². The molecule has 1 saturated heterocycles. The molecular formula is C13H21N5O3. The zero-order valence-corrected chi connectivity index (χ0v) is 12.1. The average Bonchev–Trinajstić information content (AvgIpc) is 2.45. The molecule has 116 valence electrons. The Morgan fingerprint density at radius 2 is 2.14 bits per heavy atom. The van der Waals surface area contributed by atoms with Crippen molar-refractivity contribution in [3.8, 4) is 0 Å². The lowest BCUT2D eigenvalue weighted by atomic mass is 10.1. The Hall–Kier alpha value is -2.25. The minimum atomic E-state index is -0.594. The van der Waals surface area contributed by atoms with Gasteiger partial charge in [0.05, 0.1) is 0 Å². The number of anilines is 2. The van der Waals surface area contributed by atoms with E-state index in [2.05, 4.69) is 15.6 Å². The molecule has 1 aromatic rings. The van der Waals surface area contributed by atoms with Crippen LogP contribution in [0.2, 0.25) is 0 Å². The number of unbranched alkanes of at least 4 members (excludes halogenated alkanes) is 1. The molecule has 0 aromatic carbocycles. The molecule has 5 N–H and O–H groups in total. The Labute approximate surface area is 121 Å². The van der Waals surface area contributed by atoms with Gasteiger partial charge in [-0.1, -0.05) is 13.3 Å². The molecular weight excluding hydrogens is 274 g/mol. The maximum atomic E-state index is 11.9. The Bertz CT molecular complexity index is 634. The second-order valence-corrected chi connectivity index (χ2v) is 5.15. The molecule has 0 spiro atoms. The number of rotatable bonds is 5. The highest BCUT2D eigenvalue weighted by atomic mass is 16.2. The Balaban J connectivity index is 2.32. The largest absolute Gasteiger partial charge is 0.383 e. The third-order valence-electron chi connectivity index (χ3n) is 3.58. The zero-order chi connectivity index (χ0) is 15.4. The number of amides is 1. The van der Waals surface area contributed by atoms with Crippen LogP contribution in [0.1, 0.15) is 32.6 Å². The van der Waals surface area contributed by atoms with E-state index in [1.165, 1.54) is 4.57 Å². The molecule has 1 aliphatic heterocycles. The number of nitrogen functional groups attached to an aromatic ring is 1. The third kappa shape index (κ3) is 3.26. The van der Waals surface area contributed by atoms with Gasteiger partial charge in [-0.05, 0) is 19.3 Å². The number of nitrogens with zero attached hydrogens (tertiary/aromatic N) is 1. The van der Waals surface area contributed by atoms with E-state index in [-0.39, 0.29) is 17.4 Å². The lowest BCUT2D eigenvalue weighted by Gasteiger charge is -2.24. The standard InChI is InChI=1S/C13H21N5O3/c1-2-3-7-18-10(14)9(12(20)17-13(18)21)16-8-5-4-6-15-11(8)19/h8,16H,2-7,14H2,1H3,(H,15,19)(H,17,20,21). The van der Waals surface area contributed by atoms with E-state index in [0.29, 0.717) is 19.5 Å². The van der Waals surface area contributed by atoms with Gasteiger partial charge in [-0.2, -0.15) is 0 Å². The van der Waals surface area contributed by atoms with E-state index in [9.17, 15) is 14.4 Å². The highest BCUT2D eigenvalue weighted by molar-refractivity contribution is 5.86. The van der Waals surface area contributed by atoms with Gasteiger partial charge < -0.3 is 16.4 Å². The van der Waals surface area contributed by atoms with Gasteiger partial charge >= 0.3 is 5.69 Å². The van der Waals surface area contributed by atoms with Gasteiger partial charge in [0, 0.05) is 13.1 Å². The normalized spacial score (nSPS) is 18.3. The number of nitrogens with two attached hydrogens (primary N) is 1. The second-order valence-electron chi connectivity index (χ2n) is 5.15. The van der Waals surface area contributed by atoms with Gasteiger partial charge in [0.15, 0.2) is 0 Å². The number of H-pyrrole nitrogens is 1. The molecule has 0 aliphatic carbocycles. The molecule has 0 bridgehead atoms. The van der Waals surface area contributed by atoms with Crippen LogP contribution >= 0.6 is 0 Å². The maximum Gasteiger partial charge on any atom is 0.330 e. The van der Waals surface area contributed by atoms with Crippen LogP contribution in [0.25, 0.3) is 0 Å². The number of nitrogens with one attached hydrogen (secondary N) is 3. The third-order valence-corrected chi connectivity index (χ3v) is 3.58. The fourth-order valence-corrected chi connectivity index (χ4v) is 2.35. The number of carbonyl (C=O) groups excluding carboxylic acids is 1. The van der Waals surface area contributed by atoms with Crippen LogP contribution < -0.4 is 27.6 Å². The summed E-state index contributed by atoms with van der Waals surface area (Å²) in [7, 11) is 0. The quantitative estimate of drug-likeness (QED) is 0.589. The van der Waals surface area contributed by atoms with Crippen molar-refractivity contribution in [2.75, 3.05) is 17.6 Å². The summed E-state index contributed by atoms with van der Waals surface area (Å²) in [6, 6.07) is -0.501. The summed E-state index contributed by atoms with van der Waals surface area (Å²) >= 11 is 0. The van der Waals surface area contributed by atoms with Crippen LogP contribution in [0.4, 0.5) is 11.5 Å². The van der Waals surface area contributed by atoms with Crippen molar-refractivity contribution in [2.45, 2.75) is 45.2 Å². The molecule has 8 heteroatoms. The molecule has 1 atom stereocenters. The maximum absolute atomic E-state index is 11.9. The van der Waals surface area contributed by atoms with Gasteiger partial charge in [0.2, 0.25) is 5.91 Å². The van der Waals surface area contributed by atoms with E-state index < -0.39 is 17.3 Å². The zero-order valence-electron chi connectivity index (χ0n) is 12.1. The van der Waals surface area contributed by atoms with Crippen LogP contribution in [0.15, 0.2) is 9.59 Å². The Morgan fingerprint density at radius 3 is 2.81 bits per heavy atom. The van der Waals surface area contributed by atoms with E-state index in [0.717, 1.165) is 19.3 Å². The van der Waals surface area contributed by atoms with E-state index in [1.54, 1.807) is 0 Å². The minimum absolute atomic E-state index is 0.0792. The van der Waals surface area contributed by atoms with Gasteiger partial charge in [-0.3, -0.25) is 19.1 Å². The summed E-state index contributed by atoms with van der Waals surface area (Å²) in [5, 5.41) is 5.60.